The van der Waals surface area contributed by atoms with Crippen molar-refractivity contribution < 1.29 is 9.90 Å². The van der Waals surface area contributed by atoms with Gasteiger partial charge in [0, 0.05) is 19.6 Å². The lowest BCUT2D eigenvalue weighted by Crippen LogP contribution is -2.40. The van der Waals surface area contributed by atoms with Gasteiger partial charge in [-0.25, -0.2) is 0 Å². The average molecular weight is 240 g/mol. The third-order valence-electron chi connectivity index (χ3n) is 4.21. The minimum atomic E-state index is -0.589. The van der Waals surface area contributed by atoms with Gasteiger partial charge in [0.15, 0.2) is 0 Å². The predicted octanol–water partition coefficient (Wildman–Crippen LogP) is 0.605. The second kappa shape index (κ2) is 4.94. The van der Waals surface area contributed by atoms with Gasteiger partial charge in [-0.15, -0.1) is 0 Å². The Morgan fingerprint density at radius 3 is 2.76 bits per heavy atom. The molecule has 4 heteroatoms. The summed E-state index contributed by atoms with van der Waals surface area (Å²) in [5.74, 6) is 0.851. The van der Waals surface area contributed by atoms with Gasteiger partial charge in [0.05, 0.1) is 11.5 Å². The fourth-order valence-corrected chi connectivity index (χ4v) is 2.86. The number of carbonyl (C=O) groups excluding carboxylic acids is 1. The maximum atomic E-state index is 12.4. The number of carbonyl (C=O) groups is 1. The Balaban J connectivity index is 1.95. The van der Waals surface area contributed by atoms with Crippen molar-refractivity contribution in [3.8, 4) is 0 Å². The van der Waals surface area contributed by atoms with Crippen molar-refractivity contribution in [2.45, 2.75) is 38.7 Å². The molecule has 1 amide bonds. The van der Waals surface area contributed by atoms with E-state index in [-0.39, 0.29) is 11.8 Å². The quantitative estimate of drug-likeness (QED) is 0.706. The Morgan fingerprint density at radius 2 is 2.12 bits per heavy atom. The first-order valence-corrected chi connectivity index (χ1v) is 6.71. The van der Waals surface area contributed by atoms with Crippen LogP contribution in [-0.2, 0) is 4.79 Å². The van der Waals surface area contributed by atoms with Crippen molar-refractivity contribution in [1.82, 2.24) is 10.2 Å². The molecular weight excluding hydrogens is 216 g/mol. The fraction of sp³-hybridized carbons (Fsp3) is 0.923. The molecule has 2 aliphatic heterocycles. The molecule has 2 aliphatic rings. The van der Waals surface area contributed by atoms with E-state index in [0.717, 1.165) is 32.5 Å². The Kier molecular flexibility index (Phi) is 3.73. The van der Waals surface area contributed by atoms with Crippen molar-refractivity contribution in [2.75, 3.05) is 26.2 Å². The normalized spacial score (nSPS) is 39.1. The molecule has 17 heavy (non-hydrogen) atoms. The summed E-state index contributed by atoms with van der Waals surface area (Å²) >= 11 is 0. The lowest BCUT2D eigenvalue weighted by atomic mass is 9.96. The van der Waals surface area contributed by atoms with Gasteiger partial charge in [0.1, 0.15) is 0 Å². The molecule has 0 spiro atoms. The Morgan fingerprint density at radius 1 is 1.35 bits per heavy atom. The molecular formula is C13H24N2O2. The van der Waals surface area contributed by atoms with E-state index in [1.807, 2.05) is 11.8 Å². The first-order chi connectivity index (χ1) is 7.99. The fourth-order valence-electron chi connectivity index (χ4n) is 2.86. The largest absolute Gasteiger partial charge is 0.390 e. The average Bonchev–Trinajstić information content (AvgIpc) is 2.59. The molecule has 98 valence electrons. The molecule has 0 radical (unpaired) electrons. The number of nitrogens with zero attached hydrogens (tertiary/aromatic N) is 1. The minimum absolute atomic E-state index is 0.137. The van der Waals surface area contributed by atoms with E-state index >= 15 is 0 Å². The van der Waals surface area contributed by atoms with Crippen LogP contribution < -0.4 is 5.32 Å². The molecule has 1 unspecified atom stereocenters. The summed E-state index contributed by atoms with van der Waals surface area (Å²) in [6.07, 6.45) is 2.41. The second-order valence-corrected chi connectivity index (χ2v) is 5.92. The van der Waals surface area contributed by atoms with Gasteiger partial charge in [-0.05, 0) is 38.6 Å². The van der Waals surface area contributed by atoms with Gasteiger partial charge in [0.25, 0.3) is 0 Å². The van der Waals surface area contributed by atoms with Gasteiger partial charge < -0.3 is 15.3 Å². The zero-order chi connectivity index (χ0) is 12.5. The van der Waals surface area contributed by atoms with Gasteiger partial charge >= 0.3 is 0 Å². The molecule has 0 saturated carbocycles. The summed E-state index contributed by atoms with van der Waals surface area (Å²) in [6, 6.07) is 0. The predicted molar refractivity (Wildman–Crippen MR) is 66.6 cm³/mol. The molecule has 2 saturated heterocycles. The maximum absolute atomic E-state index is 12.4. The van der Waals surface area contributed by atoms with E-state index in [1.165, 1.54) is 0 Å². The SMILES string of the molecule is C[C@@H]1CNC[C@H]1C(=O)N1CCCC(C)(O)CC1. The van der Waals surface area contributed by atoms with Crippen molar-refractivity contribution in [2.24, 2.45) is 11.8 Å². The summed E-state index contributed by atoms with van der Waals surface area (Å²) in [5, 5.41) is 13.3. The third-order valence-corrected chi connectivity index (χ3v) is 4.21. The van der Waals surface area contributed by atoms with Gasteiger partial charge in [-0.1, -0.05) is 6.92 Å². The highest BCUT2D eigenvalue weighted by Crippen LogP contribution is 2.24. The van der Waals surface area contributed by atoms with Crippen LogP contribution in [0, 0.1) is 11.8 Å². The van der Waals surface area contributed by atoms with E-state index in [0.29, 0.717) is 18.9 Å². The Hall–Kier alpha value is -0.610. The van der Waals surface area contributed by atoms with Crippen molar-refractivity contribution >= 4 is 5.91 Å². The summed E-state index contributed by atoms with van der Waals surface area (Å²) < 4.78 is 0. The zero-order valence-electron chi connectivity index (χ0n) is 10.9. The van der Waals surface area contributed by atoms with Crippen LogP contribution in [0.3, 0.4) is 0 Å². The van der Waals surface area contributed by atoms with Crippen molar-refractivity contribution in [3.05, 3.63) is 0 Å². The second-order valence-electron chi connectivity index (χ2n) is 5.92. The summed E-state index contributed by atoms with van der Waals surface area (Å²) in [7, 11) is 0. The number of hydrogen-bond donors (Lipinski definition) is 2. The smallest absolute Gasteiger partial charge is 0.227 e. The number of hydrogen-bond acceptors (Lipinski definition) is 3. The van der Waals surface area contributed by atoms with E-state index in [9.17, 15) is 9.90 Å². The molecule has 0 aromatic heterocycles. The molecule has 0 aliphatic carbocycles. The van der Waals surface area contributed by atoms with Crippen LogP contribution in [0.1, 0.15) is 33.1 Å². The van der Waals surface area contributed by atoms with Gasteiger partial charge in [0.2, 0.25) is 5.91 Å². The van der Waals surface area contributed by atoms with E-state index in [1.54, 1.807) is 0 Å². The van der Waals surface area contributed by atoms with E-state index in [4.69, 9.17) is 0 Å². The zero-order valence-corrected chi connectivity index (χ0v) is 10.9. The van der Waals surface area contributed by atoms with Gasteiger partial charge in [-0.2, -0.15) is 0 Å². The molecule has 3 atom stereocenters. The molecule has 2 rings (SSSR count). The number of amides is 1. The first-order valence-electron chi connectivity index (χ1n) is 6.71. The lowest BCUT2D eigenvalue weighted by Gasteiger charge is -2.26. The minimum Gasteiger partial charge on any atom is -0.390 e. The molecule has 2 N–H and O–H groups in total. The van der Waals surface area contributed by atoms with Gasteiger partial charge in [-0.3, -0.25) is 4.79 Å². The van der Waals surface area contributed by atoms with Crippen LogP contribution in [-0.4, -0.2) is 47.7 Å². The monoisotopic (exact) mass is 240 g/mol. The Bertz CT molecular complexity index is 291. The highest BCUT2D eigenvalue weighted by molar-refractivity contribution is 5.79. The van der Waals surface area contributed by atoms with E-state index in [2.05, 4.69) is 12.2 Å². The molecule has 2 heterocycles. The number of likely N-dealkylation sites (tertiary alicyclic amines) is 1. The highest BCUT2D eigenvalue weighted by Gasteiger charge is 2.34. The highest BCUT2D eigenvalue weighted by atomic mass is 16.3. The topological polar surface area (TPSA) is 52.6 Å². The summed E-state index contributed by atoms with van der Waals surface area (Å²) in [5.41, 5.74) is -0.589. The molecule has 0 aromatic rings. The third kappa shape index (κ3) is 2.99. The summed E-state index contributed by atoms with van der Waals surface area (Å²) in [4.78, 5) is 14.3. The lowest BCUT2D eigenvalue weighted by molar-refractivity contribution is -0.136. The molecule has 0 bridgehead atoms. The summed E-state index contributed by atoms with van der Waals surface area (Å²) in [6.45, 7) is 7.28. The maximum Gasteiger partial charge on any atom is 0.227 e. The standard InChI is InChI=1S/C13H24N2O2/c1-10-8-14-9-11(10)12(16)15-6-3-4-13(2,17)5-7-15/h10-11,14,17H,3-9H2,1-2H3/t10-,11-,13?/m1/s1. The Labute approximate surface area is 103 Å². The number of nitrogens with one attached hydrogen (secondary N) is 1. The van der Waals surface area contributed by atoms with Crippen LogP contribution in [0.5, 0.6) is 0 Å². The molecule has 0 aromatic carbocycles. The molecule has 4 nitrogen and oxygen atoms in total. The van der Waals surface area contributed by atoms with Crippen molar-refractivity contribution in [3.63, 3.8) is 0 Å². The van der Waals surface area contributed by atoms with Crippen LogP contribution in [0.4, 0.5) is 0 Å². The van der Waals surface area contributed by atoms with Crippen LogP contribution in [0.15, 0.2) is 0 Å². The van der Waals surface area contributed by atoms with Crippen LogP contribution >= 0.6 is 0 Å². The molecule has 2 fully saturated rings. The van der Waals surface area contributed by atoms with E-state index < -0.39 is 5.60 Å². The van der Waals surface area contributed by atoms with Crippen molar-refractivity contribution in [1.29, 1.82) is 0 Å². The van der Waals surface area contributed by atoms with Crippen LogP contribution in [0.2, 0.25) is 0 Å². The van der Waals surface area contributed by atoms with Crippen LogP contribution in [0.25, 0.3) is 0 Å². The number of aliphatic hydroxyl groups is 1. The first kappa shape index (κ1) is 12.8. The number of rotatable bonds is 1.